The normalized spacial score (nSPS) is 14.5. The Morgan fingerprint density at radius 2 is 1.91 bits per heavy atom. The molecule has 0 aliphatic carbocycles. The van der Waals surface area contributed by atoms with Crippen LogP contribution in [0.5, 0.6) is 5.75 Å². The minimum Gasteiger partial charge on any atom is -0.465 e. The van der Waals surface area contributed by atoms with Gasteiger partial charge >= 0.3 is 0 Å². The van der Waals surface area contributed by atoms with Crippen LogP contribution in [0.15, 0.2) is 60.4 Å². The van der Waals surface area contributed by atoms with Gasteiger partial charge in [0.1, 0.15) is 5.75 Å². The van der Waals surface area contributed by atoms with Crippen LogP contribution >= 0.6 is 22.6 Å². The Bertz CT molecular complexity index is 739. The first-order valence-corrected chi connectivity index (χ1v) is 8.19. The van der Waals surface area contributed by atoms with E-state index in [2.05, 4.69) is 22.6 Å². The van der Waals surface area contributed by atoms with Gasteiger partial charge in [0, 0.05) is 9.99 Å². The lowest BCUT2D eigenvalue weighted by Gasteiger charge is -2.21. The van der Waals surface area contributed by atoms with E-state index in [1.54, 1.807) is 6.26 Å². The molecule has 0 saturated heterocycles. The Kier molecular flexibility index (Phi) is 4.47. The molecular weight excluding hydrogens is 389 g/mol. The summed E-state index contributed by atoms with van der Waals surface area (Å²) in [6.07, 6.45) is 3.14. The molecule has 4 heteroatoms. The first kappa shape index (κ1) is 15.1. The van der Waals surface area contributed by atoms with Crippen molar-refractivity contribution in [3.05, 3.63) is 75.1 Å². The first-order chi connectivity index (χ1) is 10.6. The SMILES string of the molecule is NC(=O)C(CC1=COc2ccccc2C1)c1ccccc1I. The molecule has 0 saturated carbocycles. The van der Waals surface area contributed by atoms with Gasteiger partial charge in [0.2, 0.25) is 5.91 Å². The third-order valence-corrected chi connectivity index (χ3v) is 4.82. The molecule has 1 aliphatic heterocycles. The highest BCUT2D eigenvalue weighted by Gasteiger charge is 2.23. The molecule has 112 valence electrons. The minimum absolute atomic E-state index is 0.302. The molecule has 0 aromatic heterocycles. The number of primary amides is 1. The van der Waals surface area contributed by atoms with Crippen molar-refractivity contribution in [1.29, 1.82) is 0 Å². The highest BCUT2D eigenvalue weighted by atomic mass is 127. The molecule has 0 spiro atoms. The van der Waals surface area contributed by atoms with Crippen molar-refractivity contribution >= 4 is 28.5 Å². The zero-order valence-corrected chi connectivity index (χ0v) is 14.1. The van der Waals surface area contributed by atoms with Crippen LogP contribution in [0.2, 0.25) is 0 Å². The van der Waals surface area contributed by atoms with Gasteiger partial charge in [-0.2, -0.15) is 0 Å². The maximum Gasteiger partial charge on any atom is 0.225 e. The molecule has 1 atom stereocenters. The molecule has 0 radical (unpaired) electrons. The van der Waals surface area contributed by atoms with Crippen molar-refractivity contribution in [3.8, 4) is 5.75 Å². The van der Waals surface area contributed by atoms with E-state index in [1.165, 1.54) is 0 Å². The number of allylic oxidation sites excluding steroid dienone is 1. The fraction of sp³-hybridized carbons (Fsp3) is 0.167. The van der Waals surface area contributed by atoms with Gasteiger partial charge in [0.05, 0.1) is 12.2 Å². The first-order valence-electron chi connectivity index (χ1n) is 7.11. The van der Waals surface area contributed by atoms with E-state index in [1.807, 2.05) is 48.5 Å². The van der Waals surface area contributed by atoms with Crippen LogP contribution in [0.4, 0.5) is 0 Å². The molecule has 1 aliphatic rings. The lowest BCUT2D eigenvalue weighted by atomic mass is 9.88. The molecule has 1 unspecified atom stereocenters. The predicted octanol–water partition coefficient (Wildman–Crippen LogP) is 3.77. The van der Waals surface area contributed by atoms with Gasteiger partial charge < -0.3 is 10.5 Å². The highest BCUT2D eigenvalue weighted by molar-refractivity contribution is 14.1. The largest absolute Gasteiger partial charge is 0.465 e. The lowest BCUT2D eigenvalue weighted by Crippen LogP contribution is -2.23. The second kappa shape index (κ2) is 6.52. The predicted molar refractivity (Wildman–Crippen MR) is 94.6 cm³/mol. The molecule has 22 heavy (non-hydrogen) atoms. The maximum atomic E-state index is 11.9. The molecule has 2 N–H and O–H groups in total. The molecule has 3 nitrogen and oxygen atoms in total. The summed E-state index contributed by atoms with van der Waals surface area (Å²) in [5.41, 5.74) is 8.85. The van der Waals surface area contributed by atoms with Crippen molar-refractivity contribution in [1.82, 2.24) is 0 Å². The number of hydrogen-bond donors (Lipinski definition) is 1. The van der Waals surface area contributed by atoms with Crippen LogP contribution in [0.1, 0.15) is 23.5 Å². The van der Waals surface area contributed by atoms with E-state index in [0.717, 1.165) is 32.4 Å². The van der Waals surface area contributed by atoms with Crippen molar-refractivity contribution in [2.75, 3.05) is 0 Å². The number of benzene rings is 2. The van der Waals surface area contributed by atoms with Gasteiger partial charge in [-0.1, -0.05) is 36.4 Å². The quantitative estimate of drug-likeness (QED) is 0.788. The Balaban J connectivity index is 1.83. The number of carbonyl (C=O) groups is 1. The summed E-state index contributed by atoms with van der Waals surface area (Å²) < 4.78 is 6.72. The van der Waals surface area contributed by atoms with E-state index in [0.29, 0.717) is 6.42 Å². The Labute approximate surface area is 143 Å². The van der Waals surface area contributed by atoms with Crippen LogP contribution < -0.4 is 10.5 Å². The van der Waals surface area contributed by atoms with Gasteiger partial charge in [0.25, 0.3) is 0 Å². The average Bonchev–Trinajstić information content (AvgIpc) is 2.53. The zero-order chi connectivity index (χ0) is 15.5. The Hall–Kier alpha value is -1.82. The van der Waals surface area contributed by atoms with Crippen LogP contribution in [-0.4, -0.2) is 5.91 Å². The van der Waals surface area contributed by atoms with Crippen molar-refractivity contribution in [3.63, 3.8) is 0 Å². The number of rotatable bonds is 4. The molecule has 0 fully saturated rings. The second-order valence-electron chi connectivity index (χ2n) is 5.36. The minimum atomic E-state index is -0.326. The van der Waals surface area contributed by atoms with Gasteiger partial charge in [-0.3, -0.25) is 4.79 Å². The summed E-state index contributed by atoms with van der Waals surface area (Å²) in [5, 5.41) is 0. The molecular formula is C18H16INO2. The number of ether oxygens (including phenoxy) is 1. The third kappa shape index (κ3) is 3.16. The van der Waals surface area contributed by atoms with Gasteiger partial charge in [-0.25, -0.2) is 0 Å². The van der Waals surface area contributed by atoms with E-state index >= 15 is 0 Å². The monoisotopic (exact) mass is 405 g/mol. The summed E-state index contributed by atoms with van der Waals surface area (Å²) >= 11 is 2.24. The van der Waals surface area contributed by atoms with E-state index in [4.69, 9.17) is 10.5 Å². The number of fused-ring (bicyclic) bond motifs is 1. The number of amides is 1. The van der Waals surface area contributed by atoms with Gasteiger partial charge in [-0.05, 0) is 57.8 Å². The third-order valence-electron chi connectivity index (χ3n) is 3.83. The molecule has 0 bridgehead atoms. The van der Waals surface area contributed by atoms with Crippen LogP contribution in [0, 0.1) is 3.57 Å². The Morgan fingerprint density at radius 3 is 2.68 bits per heavy atom. The smallest absolute Gasteiger partial charge is 0.225 e. The van der Waals surface area contributed by atoms with Crippen LogP contribution in [0.25, 0.3) is 0 Å². The molecule has 2 aromatic rings. The molecule has 1 heterocycles. The van der Waals surface area contributed by atoms with Crippen LogP contribution in [0.3, 0.4) is 0 Å². The molecule has 2 aromatic carbocycles. The van der Waals surface area contributed by atoms with E-state index in [9.17, 15) is 4.79 Å². The molecule has 3 rings (SSSR count). The average molecular weight is 405 g/mol. The summed E-state index contributed by atoms with van der Waals surface area (Å²) in [5.74, 6) is 0.258. The Morgan fingerprint density at radius 1 is 1.18 bits per heavy atom. The van der Waals surface area contributed by atoms with Gasteiger partial charge in [0.15, 0.2) is 0 Å². The molecule has 1 amide bonds. The number of halogens is 1. The van der Waals surface area contributed by atoms with Gasteiger partial charge in [-0.15, -0.1) is 0 Å². The number of carbonyl (C=O) groups excluding carboxylic acids is 1. The van der Waals surface area contributed by atoms with Crippen LogP contribution in [-0.2, 0) is 11.2 Å². The van der Waals surface area contributed by atoms with E-state index in [-0.39, 0.29) is 11.8 Å². The fourth-order valence-corrected chi connectivity index (χ4v) is 3.47. The summed E-state index contributed by atoms with van der Waals surface area (Å²) in [4.78, 5) is 11.9. The summed E-state index contributed by atoms with van der Waals surface area (Å²) in [6.45, 7) is 0. The standard InChI is InChI=1S/C18H16INO2/c19-16-7-3-2-6-14(16)15(18(20)21)10-12-9-13-5-1-4-8-17(13)22-11-12/h1-8,11,15H,9-10H2,(H2,20,21). The number of para-hydroxylation sites is 1. The number of hydrogen-bond acceptors (Lipinski definition) is 2. The fourth-order valence-electron chi connectivity index (χ4n) is 2.70. The van der Waals surface area contributed by atoms with Crippen molar-refractivity contribution in [2.24, 2.45) is 5.73 Å². The topological polar surface area (TPSA) is 52.3 Å². The highest BCUT2D eigenvalue weighted by Crippen LogP contribution is 2.33. The lowest BCUT2D eigenvalue weighted by molar-refractivity contribution is -0.119. The number of nitrogens with two attached hydrogens (primary N) is 1. The zero-order valence-electron chi connectivity index (χ0n) is 12.0. The van der Waals surface area contributed by atoms with Crippen molar-refractivity contribution < 1.29 is 9.53 Å². The second-order valence-corrected chi connectivity index (χ2v) is 6.52. The maximum absolute atomic E-state index is 11.9. The summed E-state index contributed by atoms with van der Waals surface area (Å²) in [6, 6.07) is 15.8. The van der Waals surface area contributed by atoms with E-state index < -0.39 is 0 Å². The van der Waals surface area contributed by atoms with Crippen molar-refractivity contribution in [2.45, 2.75) is 18.8 Å². The summed E-state index contributed by atoms with van der Waals surface area (Å²) in [7, 11) is 0.